The number of benzene rings is 2. The van der Waals surface area contributed by atoms with E-state index in [1.807, 2.05) is 0 Å². The zero-order valence-corrected chi connectivity index (χ0v) is 12.7. The van der Waals surface area contributed by atoms with Crippen molar-refractivity contribution in [3.05, 3.63) is 59.7 Å². The van der Waals surface area contributed by atoms with Crippen LogP contribution in [0.25, 0.3) is 0 Å². The average Bonchev–Trinajstić information content (AvgIpc) is 2.50. The molecule has 0 saturated carbocycles. The summed E-state index contributed by atoms with van der Waals surface area (Å²) in [4.78, 5) is 34.6. The number of ketones is 1. The SMILES string of the molecule is CC(=O)c1ccc(NC(=O)CC(=O)Nc2ccc(F)cc2F)cc1. The third-order valence-electron chi connectivity index (χ3n) is 3.10. The smallest absolute Gasteiger partial charge is 0.233 e. The summed E-state index contributed by atoms with van der Waals surface area (Å²) in [5.74, 6) is -3.14. The lowest BCUT2D eigenvalue weighted by Gasteiger charge is -2.08. The van der Waals surface area contributed by atoms with Crippen molar-refractivity contribution in [3.63, 3.8) is 0 Å². The number of hydrogen-bond acceptors (Lipinski definition) is 3. The topological polar surface area (TPSA) is 75.3 Å². The van der Waals surface area contributed by atoms with Crippen LogP contribution >= 0.6 is 0 Å². The van der Waals surface area contributed by atoms with Crippen molar-refractivity contribution in [3.8, 4) is 0 Å². The molecule has 124 valence electrons. The van der Waals surface area contributed by atoms with E-state index < -0.39 is 29.9 Å². The van der Waals surface area contributed by atoms with Crippen LogP contribution in [0.15, 0.2) is 42.5 Å². The second-order valence-electron chi connectivity index (χ2n) is 5.03. The number of halogens is 2. The molecule has 0 atom stereocenters. The van der Waals surface area contributed by atoms with Gasteiger partial charge < -0.3 is 10.6 Å². The fourth-order valence-corrected chi connectivity index (χ4v) is 1.92. The standard InChI is InChI=1S/C17H14F2N2O3/c1-10(22)11-2-5-13(6-3-11)20-16(23)9-17(24)21-15-7-4-12(18)8-14(15)19/h2-8H,9H2,1H3,(H,20,23)(H,21,24). The van der Waals surface area contributed by atoms with Crippen molar-refractivity contribution in [1.82, 2.24) is 0 Å². The average molecular weight is 332 g/mol. The summed E-state index contributed by atoms with van der Waals surface area (Å²) in [6, 6.07) is 8.86. The summed E-state index contributed by atoms with van der Waals surface area (Å²) >= 11 is 0. The number of carbonyl (C=O) groups excluding carboxylic acids is 3. The van der Waals surface area contributed by atoms with Crippen molar-refractivity contribution < 1.29 is 23.2 Å². The molecule has 2 N–H and O–H groups in total. The molecule has 2 aromatic rings. The van der Waals surface area contributed by atoms with Crippen LogP contribution in [0.1, 0.15) is 23.7 Å². The Kier molecular flexibility index (Phi) is 5.36. The summed E-state index contributed by atoms with van der Waals surface area (Å²) < 4.78 is 26.2. The maximum atomic E-state index is 13.4. The first-order valence-electron chi connectivity index (χ1n) is 7.01. The summed E-state index contributed by atoms with van der Waals surface area (Å²) in [7, 11) is 0. The van der Waals surface area contributed by atoms with Crippen LogP contribution in [0, 0.1) is 11.6 Å². The van der Waals surface area contributed by atoms with Crippen molar-refractivity contribution in [1.29, 1.82) is 0 Å². The van der Waals surface area contributed by atoms with Crippen molar-refractivity contribution >= 4 is 29.0 Å². The molecule has 0 radical (unpaired) electrons. The van der Waals surface area contributed by atoms with Gasteiger partial charge in [0.05, 0.1) is 5.69 Å². The number of Topliss-reactive ketones (excluding diaryl/α,β-unsaturated/α-hetero) is 1. The lowest BCUT2D eigenvalue weighted by Crippen LogP contribution is -2.21. The molecule has 0 heterocycles. The van der Waals surface area contributed by atoms with Gasteiger partial charge in [0.2, 0.25) is 11.8 Å². The van der Waals surface area contributed by atoms with E-state index in [4.69, 9.17) is 0 Å². The number of rotatable bonds is 5. The van der Waals surface area contributed by atoms with Crippen LogP contribution in [-0.2, 0) is 9.59 Å². The predicted molar refractivity (Wildman–Crippen MR) is 84.7 cm³/mol. The highest BCUT2D eigenvalue weighted by atomic mass is 19.1. The van der Waals surface area contributed by atoms with Crippen LogP contribution in [0.4, 0.5) is 20.2 Å². The summed E-state index contributed by atoms with van der Waals surface area (Å²) in [6.07, 6.45) is -0.536. The van der Waals surface area contributed by atoms with E-state index in [-0.39, 0.29) is 11.5 Å². The van der Waals surface area contributed by atoms with Gasteiger partial charge in [0.15, 0.2) is 5.78 Å². The van der Waals surface area contributed by atoms with Crippen LogP contribution in [0.5, 0.6) is 0 Å². The Morgan fingerprint density at radius 3 is 2.12 bits per heavy atom. The summed E-state index contributed by atoms with van der Waals surface area (Å²) in [6.45, 7) is 1.42. The predicted octanol–water partition coefficient (Wildman–Crippen LogP) is 3.13. The molecule has 0 aromatic heterocycles. The zero-order valence-electron chi connectivity index (χ0n) is 12.7. The molecular weight excluding hydrogens is 318 g/mol. The molecule has 24 heavy (non-hydrogen) atoms. The summed E-state index contributed by atoms with van der Waals surface area (Å²) in [5.41, 5.74) is 0.711. The van der Waals surface area contributed by atoms with Gasteiger partial charge in [-0.25, -0.2) is 8.78 Å². The van der Waals surface area contributed by atoms with E-state index in [0.717, 1.165) is 12.1 Å². The molecule has 2 amide bonds. The van der Waals surface area contributed by atoms with Crippen molar-refractivity contribution in [2.75, 3.05) is 10.6 Å². The van der Waals surface area contributed by atoms with Crippen LogP contribution in [-0.4, -0.2) is 17.6 Å². The Labute approximate surface area is 136 Å². The van der Waals surface area contributed by atoms with E-state index in [1.165, 1.54) is 19.1 Å². The fourth-order valence-electron chi connectivity index (χ4n) is 1.92. The van der Waals surface area contributed by atoms with Gasteiger partial charge in [-0.15, -0.1) is 0 Å². The molecule has 5 nitrogen and oxygen atoms in total. The molecule has 0 bridgehead atoms. The highest BCUT2D eigenvalue weighted by Gasteiger charge is 2.12. The third kappa shape index (κ3) is 4.70. The van der Waals surface area contributed by atoms with Crippen LogP contribution in [0.3, 0.4) is 0 Å². The molecule has 0 aliphatic rings. The molecule has 0 aliphatic heterocycles. The monoisotopic (exact) mass is 332 g/mol. The maximum absolute atomic E-state index is 13.4. The van der Waals surface area contributed by atoms with Gasteiger partial charge >= 0.3 is 0 Å². The van der Waals surface area contributed by atoms with Crippen molar-refractivity contribution in [2.45, 2.75) is 13.3 Å². The van der Waals surface area contributed by atoms with Crippen molar-refractivity contribution in [2.24, 2.45) is 0 Å². The molecular formula is C17H14F2N2O3. The first-order chi connectivity index (χ1) is 11.3. The van der Waals surface area contributed by atoms with Gasteiger partial charge in [0.25, 0.3) is 0 Å². The Balaban J connectivity index is 1.91. The largest absolute Gasteiger partial charge is 0.326 e. The number of nitrogens with one attached hydrogen (secondary N) is 2. The number of carbonyl (C=O) groups is 3. The minimum Gasteiger partial charge on any atom is -0.326 e. The first-order valence-corrected chi connectivity index (χ1v) is 7.01. The second kappa shape index (κ2) is 7.45. The molecule has 2 rings (SSSR count). The van der Waals surface area contributed by atoms with Gasteiger partial charge in [0.1, 0.15) is 18.1 Å². The van der Waals surface area contributed by atoms with Crippen LogP contribution < -0.4 is 10.6 Å². The number of hydrogen-bond donors (Lipinski definition) is 2. The quantitative estimate of drug-likeness (QED) is 0.652. The fraction of sp³-hybridized carbons (Fsp3) is 0.118. The maximum Gasteiger partial charge on any atom is 0.233 e. The molecule has 7 heteroatoms. The van der Waals surface area contributed by atoms with Gasteiger partial charge in [-0.05, 0) is 43.3 Å². The van der Waals surface area contributed by atoms with E-state index in [9.17, 15) is 23.2 Å². The lowest BCUT2D eigenvalue weighted by atomic mass is 10.1. The van der Waals surface area contributed by atoms with Gasteiger partial charge in [-0.2, -0.15) is 0 Å². The Bertz CT molecular complexity index is 789. The summed E-state index contributed by atoms with van der Waals surface area (Å²) in [5, 5.41) is 4.68. The van der Waals surface area contributed by atoms with E-state index >= 15 is 0 Å². The highest BCUT2D eigenvalue weighted by Crippen LogP contribution is 2.15. The normalized spacial score (nSPS) is 10.1. The van der Waals surface area contributed by atoms with Gasteiger partial charge in [-0.3, -0.25) is 14.4 Å². The number of amides is 2. The van der Waals surface area contributed by atoms with E-state index in [0.29, 0.717) is 17.3 Å². The molecule has 2 aromatic carbocycles. The molecule has 0 unspecified atom stereocenters. The van der Waals surface area contributed by atoms with Crippen LogP contribution in [0.2, 0.25) is 0 Å². The molecule has 0 spiro atoms. The minimum atomic E-state index is -0.927. The van der Waals surface area contributed by atoms with Gasteiger partial charge in [0, 0.05) is 17.3 Å². The first kappa shape index (κ1) is 17.3. The lowest BCUT2D eigenvalue weighted by molar-refractivity contribution is -0.123. The Morgan fingerprint density at radius 1 is 0.917 bits per heavy atom. The third-order valence-corrected chi connectivity index (χ3v) is 3.10. The van der Waals surface area contributed by atoms with Gasteiger partial charge in [-0.1, -0.05) is 0 Å². The highest BCUT2D eigenvalue weighted by molar-refractivity contribution is 6.08. The Morgan fingerprint density at radius 2 is 1.54 bits per heavy atom. The number of anilines is 2. The Hall–Kier alpha value is -3.09. The molecule has 0 fully saturated rings. The minimum absolute atomic E-state index is 0.103. The molecule has 0 saturated heterocycles. The molecule has 0 aliphatic carbocycles. The zero-order chi connectivity index (χ0) is 17.7. The second-order valence-corrected chi connectivity index (χ2v) is 5.03. The van der Waals surface area contributed by atoms with E-state index in [2.05, 4.69) is 10.6 Å². The van der Waals surface area contributed by atoms with E-state index in [1.54, 1.807) is 12.1 Å².